The molecule has 0 spiro atoms. The van der Waals surface area contributed by atoms with Crippen LogP contribution in [0.4, 0.5) is 5.69 Å². The molecule has 2 aromatic rings. The van der Waals surface area contributed by atoms with Crippen LogP contribution in [0, 0.1) is 10.1 Å². The average Bonchev–Trinajstić information content (AvgIpc) is 3.16. The summed E-state index contributed by atoms with van der Waals surface area (Å²) in [6.45, 7) is 1.34. The third-order valence-electron chi connectivity index (χ3n) is 3.10. The van der Waals surface area contributed by atoms with Crippen molar-refractivity contribution < 1.29 is 14.5 Å². The number of carbonyl (C=O) groups excluding carboxylic acids is 1. The summed E-state index contributed by atoms with van der Waals surface area (Å²) in [5, 5.41) is 18.3. The maximum atomic E-state index is 11.8. The fraction of sp³-hybridized carbons (Fsp3) is 0.143. The number of amides is 1. The number of nitrogens with zero attached hydrogens (tertiary/aromatic N) is 3. The van der Waals surface area contributed by atoms with E-state index in [1.807, 2.05) is 17.5 Å². The van der Waals surface area contributed by atoms with Crippen molar-refractivity contribution in [2.75, 3.05) is 0 Å². The van der Waals surface area contributed by atoms with Gasteiger partial charge in [0.25, 0.3) is 11.6 Å². The van der Waals surface area contributed by atoms with Crippen LogP contribution in [0.2, 0.25) is 0 Å². The van der Waals surface area contributed by atoms with Crippen molar-refractivity contribution in [2.24, 2.45) is 5.10 Å². The molecule has 7 nitrogen and oxygen atoms in total. The van der Waals surface area contributed by atoms with E-state index in [-0.39, 0.29) is 23.1 Å². The van der Waals surface area contributed by atoms with Gasteiger partial charge in [-0.15, -0.1) is 16.4 Å². The number of hydrogen-bond acceptors (Lipinski definition) is 6. The molecule has 0 N–H and O–H groups in total. The molecular weight excluding hydrogens is 306 g/mol. The minimum Gasteiger partial charge on any atom is -0.445 e. The average molecular weight is 317 g/mol. The van der Waals surface area contributed by atoms with Crippen LogP contribution in [0.5, 0.6) is 0 Å². The Hall–Kier alpha value is -2.74. The Morgan fingerprint density at radius 1 is 1.36 bits per heavy atom. The van der Waals surface area contributed by atoms with Gasteiger partial charge in [0, 0.05) is 13.0 Å². The van der Waals surface area contributed by atoms with E-state index >= 15 is 0 Å². The first-order valence-corrected chi connectivity index (χ1v) is 7.28. The lowest BCUT2D eigenvalue weighted by Crippen LogP contribution is -2.25. The van der Waals surface area contributed by atoms with Gasteiger partial charge >= 0.3 is 0 Å². The molecule has 2 heterocycles. The van der Waals surface area contributed by atoms with Crippen LogP contribution in [0.1, 0.15) is 23.6 Å². The summed E-state index contributed by atoms with van der Waals surface area (Å²) in [5.74, 6) is -0.0666. The number of para-hydroxylation sites is 1. The molecule has 8 heteroatoms. The predicted molar refractivity (Wildman–Crippen MR) is 80.3 cm³/mol. The summed E-state index contributed by atoms with van der Waals surface area (Å²) in [5.41, 5.74) is 0.180. The largest absolute Gasteiger partial charge is 0.445 e. The summed E-state index contributed by atoms with van der Waals surface area (Å²) in [6, 6.07) is 9.81. The Balaban J connectivity index is 2.01. The van der Waals surface area contributed by atoms with Crippen LogP contribution in [0.25, 0.3) is 0 Å². The smallest absolute Gasteiger partial charge is 0.278 e. The molecule has 1 aliphatic rings. The number of carbonyl (C=O) groups is 1. The first kappa shape index (κ1) is 14.2. The zero-order chi connectivity index (χ0) is 15.7. The maximum Gasteiger partial charge on any atom is 0.278 e. The van der Waals surface area contributed by atoms with Crippen LogP contribution >= 0.6 is 11.3 Å². The van der Waals surface area contributed by atoms with E-state index < -0.39 is 11.2 Å². The first-order chi connectivity index (χ1) is 10.6. The van der Waals surface area contributed by atoms with Crippen molar-refractivity contribution in [1.82, 2.24) is 5.01 Å². The molecule has 1 amide bonds. The molecule has 22 heavy (non-hydrogen) atoms. The van der Waals surface area contributed by atoms with Gasteiger partial charge in [-0.05, 0) is 17.5 Å². The Morgan fingerprint density at radius 2 is 2.14 bits per heavy atom. The lowest BCUT2D eigenvalue weighted by Gasteiger charge is -2.18. The topological polar surface area (TPSA) is 85.0 Å². The molecule has 0 saturated heterocycles. The minimum atomic E-state index is -0.934. The highest BCUT2D eigenvalue weighted by Crippen LogP contribution is 2.35. The minimum absolute atomic E-state index is 0.110. The fourth-order valence-corrected chi connectivity index (χ4v) is 2.78. The molecule has 0 radical (unpaired) electrons. The maximum absolute atomic E-state index is 11.8. The monoisotopic (exact) mass is 317 g/mol. The Labute approximate surface area is 129 Å². The van der Waals surface area contributed by atoms with E-state index in [0.29, 0.717) is 0 Å². The summed E-state index contributed by atoms with van der Waals surface area (Å²) in [6.07, 6.45) is -0.934. The molecule has 1 atom stereocenters. The fourth-order valence-electron chi connectivity index (χ4n) is 2.13. The molecule has 3 rings (SSSR count). The molecular formula is C14H11N3O4S. The SMILES string of the molecule is CC(=O)N1N=C(c2cccs2)O[C@@H]1c1ccccc1[N+](=O)[O-]. The first-order valence-electron chi connectivity index (χ1n) is 6.40. The highest BCUT2D eigenvalue weighted by molar-refractivity contribution is 7.12. The van der Waals surface area contributed by atoms with Gasteiger partial charge in [-0.3, -0.25) is 14.9 Å². The second kappa shape index (κ2) is 5.57. The third kappa shape index (κ3) is 2.44. The van der Waals surface area contributed by atoms with E-state index in [0.717, 1.165) is 9.89 Å². The summed E-state index contributed by atoms with van der Waals surface area (Å²) in [4.78, 5) is 23.2. The van der Waals surface area contributed by atoms with Gasteiger partial charge in [0.05, 0.1) is 15.4 Å². The number of nitro groups is 1. The number of benzene rings is 1. The van der Waals surface area contributed by atoms with Gasteiger partial charge in [0.15, 0.2) is 0 Å². The highest BCUT2D eigenvalue weighted by Gasteiger charge is 2.37. The molecule has 1 aromatic heterocycles. The van der Waals surface area contributed by atoms with Gasteiger partial charge in [0.1, 0.15) is 0 Å². The second-order valence-corrected chi connectivity index (χ2v) is 5.48. The summed E-state index contributed by atoms with van der Waals surface area (Å²) in [7, 11) is 0. The van der Waals surface area contributed by atoms with E-state index in [9.17, 15) is 14.9 Å². The number of nitro benzene ring substituents is 1. The van der Waals surface area contributed by atoms with Crippen molar-refractivity contribution >= 4 is 28.8 Å². The summed E-state index contributed by atoms with van der Waals surface area (Å²) < 4.78 is 5.72. The standard InChI is InChI=1S/C14H11N3O4S/c1-9(18)16-14(10-5-2-3-6-11(10)17(19)20)21-13(15-16)12-7-4-8-22-12/h2-8,14H,1H3/t14-/m1/s1. The molecule has 0 bridgehead atoms. The molecule has 112 valence electrons. The van der Waals surface area contributed by atoms with Gasteiger partial charge in [-0.25, -0.2) is 0 Å². The van der Waals surface area contributed by atoms with Crippen LogP contribution < -0.4 is 0 Å². The molecule has 0 unspecified atom stereocenters. The van der Waals surface area contributed by atoms with Gasteiger partial charge in [-0.1, -0.05) is 18.2 Å². The van der Waals surface area contributed by atoms with Crippen LogP contribution in [-0.4, -0.2) is 21.7 Å². The van der Waals surface area contributed by atoms with Gasteiger partial charge < -0.3 is 4.74 Å². The second-order valence-electron chi connectivity index (χ2n) is 4.53. The molecule has 1 aliphatic heterocycles. The normalized spacial score (nSPS) is 17.0. The Bertz CT molecular complexity index is 757. The Kier molecular flexibility index (Phi) is 3.60. The third-order valence-corrected chi connectivity index (χ3v) is 3.96. The van der Waals surface area contributed by atoms with E-state index in [1.165, 1.54) is 24.3 Å². The van der Waals surface area contributed by atoms with E-state index in [4.69, 9.17) is 4.74 Å². The van der Waals surface area contributed by atoms with E-state index in [1.54, 1.807) is 18.2 Å². The lowest BCUT2D eigenvalue weighted by atomic mass is 10.1. The lowest BCUT2D eigenvalue weighted by molar-refractivity contribution is -0.386. The Morgan fingerprint density at radius 3 is 2.77 bits per heavy atom. The number of thiophene rings is 1. The zero-order valence-corrected chi connectivity index (χ0v) is 12.3. The quantitative estimate of drug-likeness (QED) is 0.643. The van der Waals surface area contributed by atoms with Gasteiger partial charge in [-0.2, -0.15) is 5.01 Å². The van der Waals surface area contributed by atoms with Crippen molar-refractivity contribution in [3.63, 3.8) is 0 Å². The molecule has 1 aromatic carbocycles. The number of ether oxygens (including phenoxy) is 1. The van der Waals surface area contributed by atoms with Gasteiger partial charge in [0.2, 0.25) is 12.1 Å². The molecule has 0 fully saturated rings. The van der Waals surface area contributed by atoms with Crippen LogP contribution in [0.15, 0.2) is 46.9 Å². The number of hydrazone groups is 1. The van der Waals surface area contributed by atoms with Crippen molar-refractivity contribution in [2.45, 2.75) is 13.2 Å². The van der Waals surface area contributed by atoms with Crippen molar-refractivity contribution in [3.8, 4) is 0 Å². The predicted octanol–water partition coefficient (Wildman–Crippen LogP) is 2.90. The van der Waals surface area contributed by atoms with E-state index in [2.05, 4.69) is 5.10 Å². The number of rotatable bonds is 3. The van der Waals surface area contributed by atoms with Crippen LogP contribution in [-0.2, 0) is 9.53 Å². The van der Waals surface area contributed by atoms with Crippen molar-refractivity contribution in [3.05, 3.63) is 62.3 Å². The molecule has 0 saturated carbocycles. The zero-order valence-electron chi connectivity index (χ0n) is 11.5. The molecule has 0 aliphatic carbocycles. The summed E-state index contributed by atoms with van der Waals surface area (Å²) >= 11 is 1.41. The van der Waals surface area contributed by atoms with Crippen molar-refractivity contribution in [1.29, 1.82) is 0 Å². The highest BCUT2D eigenvalue weighted by atomic mass is 32.1. The van der Waals surface area contributed by atoms with Crippen LogP contribution in [0.3, 0.4) is 0 Å². The number of hydrogen-bond donors (Lipinski definition) is 0.